The maximum atomic E-state index is 11.6. The summed E-state index contributed by atoms with van der Waals surface area (Å²) >= 11 is 1.93. The Hall–Kier alpha value is -0.530. The van der Waals surface area contributed by atoms with E-state index < -0.39 is 18.1 Å². The summed E-state index contributed by atoms with van der Waals surface area (Å²) < 4.78 is 14.2. The molecule has 0 radical (unpaired) electrons. The van der Waals surface area contributed by atoms with Gasteiger partial charge in [0.05, 0.1) is 15.0 Å². The number of esters is 1. The molecule has 0 aliphatic carbocycles. The highest BCUT2D eigenvalue weighted by Crippen LogP contribution is 2.33. The largest absolute Gasteiger partial charge is 0.466 e. The van der Waals surface area contributed by atoms with E-state index in [9.17, 15) is 9.59 Å². The first-order valence-corrected chi connectivity index (χ1v) is 6.39. The number of Topliss-reactive ketones (excluding diaryl/α,β-unsaturated/α-hetero) is 1. The van der Waals surface area contributed by atoms with E-state index in [-0.39, 0.29) is 18.8 Å². The number of nitrogens with two attached hydrogens (primary N) is 1. The molecule has 0 amide bonds. The molecule has 0 saturated heterocycles. The van der Waals surface area contributed by atoms with Crippen molar-refractivity contribution >= 4 is 42.7 Å². The van der Waals surface area contributed by atoms with Crippen LogP contribution in [-0.2, 0) is 19.1 Å². The fourth-order valence-corrected chi connectivity index (χ4v) is 2.28. The fraction of sp³-hybridized carbons (Fsp3) is 0.500. The summed E-state index contributed by atoms with van der Waals surface area (Å²) in [6, 6.07) is 0. The molecule has 0 aromatic heterocycles. The predicted octanol–water partition coefficient (Wildman–Crippen LogP) is 1.52. The number of hydrogen-bond acceptors (Lipinski definition) is 6. The molecule has 0 aromatic carbocycles. The zero-order chi connectivity index (χ0) is 12.1. The van der Waals surface area contributed by atoms with Crippen LogP contribution in [0.3, 0.4) is 0 Å². The standard InChI is InChI=1S/C8H10IN2O4P/c1-2-14-5(13)3-4(12)6-7(9)16-11-8(10)15-6/h8H,2-3,10H2,1H3. The molecule has 1 aliphatic rings. The lowest BCUT2D eigenvalue weighted by atomic mass is 10.2. The molecule has 0 fully saturated rings. The summed E-state index contributed by atoms with van der Waals surface area (Å²) in [6.45, 7) is 1.92. The number of carbonyl (C=O) groups excluding carboxylic acids is 2. The minimum atomic E-state index is -0.846. The Morgan fingerprint density at radius 1 is 1.69 bits per heavy atom. The van der Waals surface area contributed by atoms with Crippen molar-refractivity contribution in [2.75, 3.05) is 6.61 Å². The Labute approximate surface area is 108 Å². The quantitative estimate of drug-likeness (QED) is 0.357. The molecule has 0 bridgehead atoms. The van der Waals surface area contributed by atoms with E-state index in [4.69, 9.17) is 10.5 Å². The number of carbonyl (C=O) groups is 2. The molecule has 6 nitrogen and oxygen atoms in total. The van der Waals surface area contributed by atoms with E-state index in [2.05, 4.69) is 9.48 Å². The molecular formula is C8H10IN2O4P. The van der Waals surface area contributed by atoms with Gasteiger partial charge in [0.15, 0.2) is 5.76 Å². The Morgan fingerprint density at radius 3 is 3.00 bits per heavy atom. The van der Waals surface area contributed by atoms with Crippen LogP contribution in [0.1, 0.15) is 13.3 Å². The van der Waals surface area contributed by atoms with E-state index >= 15 is 0 Å². The van der Waals surface area contributed by atoms with Gasteiger partial charge < -0.3 is 9.47 Å². The number of ketones is 1. The first-order valence-electron chi connectivity index (χ1n) is 4.46. The molecule has 0 saturated carbocycles. The topological polar surface area (TPSA) is 91.0 Å². The van der Waals surface area contributed by atoms with Crippen molar-refractivity contribution < 1.29 is 19.1 Å². The van der Waals surface area contributed by atoms with Gasteiger partial charge in [0, 0.05) is 0 Å². The molecule has 1 rings (SSSR count). The van der Waals surface area contributed by atoms with E-state index in [1.165, 1.54) is 0 Å². The lowest BCUT2D eigenvalue weighted by Crippen LogP contribution is -2.25. The Balaban J connectivity index is 2.67. The van der Waals surface area contributed by atoms with Crippen LogP contribution < -0.4 is 5.73 Å². The molecule has 1 heterocycles. The summed E-state index contributed by atoms with van der Waals surface area (Å²) in [4.78, 5) is 22.8. The van der Waals surface area contributed by atoms with Crippen LogP contribution in [0.4, 0.5) is 0 Å². The van der Waals surface area contributed by atoms with Gasteiger partial charge in [-0.2, -0.15) is 0 Å². The van der Waals surface area contributed by atoms with Crippen LogP contribution in [-0.4, -0.2) is 24.7 Å². The highest BCUT2D eigenvalue weighted by molar-refractivity contribution is 14.1. The number of allylic oxidation sites excluding steroid dienone is 1. The SMILES string of the molecule is CCOC(=O)CC(=O)C1=C(I)P=NC(N)O1. The lowest BCUT2D eigenvalue weighted by molar-refractivity contribution is -0.145. The van der Waals surface area contributed by atoms with Gasteiger partial charge in [-0.1, -0.05) is 0 Å². The Bertz CT molecular complexity index is 369. The monoisotopic (exact) mass is 356 g/mol. The van der Waals surface area contributed by atoms with E-state index in [0.29, 0.717) is 11.7 Å². The Morgan fingerprint density at radius 2 is 2.38 bits per heavy atom. The number of halogens is 1. The zero-order valence-electron chi connectivity index (χ0n) is 8.47. The number of nitrogens with zero attached hydrogens (tertiary/aromatic N) is 1. The van der Waals surface area contributed by atoms with Crippen LogP contribution in [0.2, 0.25) is 0 Å². The van der Waals surface area contributed by atoms with Crippen LogP contribution in [0.15, 0.2) is 13.8 Å². The Kier molecular flexibility index (Phi) is 5.30. The van der Waals surface area contributed by atoms with Crippen LogP contribution in [0.5, 0.6) is 0 Å². The summed E-state index contributed by atoms with van der Waals surface area (Å²) in [5, 5.41) is 0. The molecule has 1 atom stereocenters. The average molecular weight is 356 g/mol. The molecule has 0 spiro atoms. The van der Waals surface area contributed by atoms with E-state index in [0.717, 1.165) is 0 Å². The summed E-state index contributed by atoms with van der Waals surface area (Å²) in [5.41, 5.74) is 5.41. The van der Waals surface area contributed by atoms with Crippen molar-refractivity contribution in [3.8, 4) is 0 Å². The highest BCUT2D eigenvalue weighted by atomic mass is 127. The maximum Gasteiger partial charge on any atom is 0.313 e. The summed E-state index contributed by atoms with van der Waals surface area (Å²) in [5.74, 6) is -0.890. The molecule has 2 N–H and O–H groups in total. The van der Waals surface area contributed by atoms with E-state index in [1.807, 2.05) is 22.6 Å². The van der Waals surface area contributed by atoms with Crippen LogP contribution in [0, 0.1) is 0 Å². The summed E-state index contributed by atoms with van der Waals surface area (Å²) in [6.07, 6.45) is -1.18. The maximum absolute atomic E-state index is 11.6. The van der Waals surface area contributed by atoms with Crippen molar-refractivity contribution in [1.29, 1.82) is 0 Å². The third kappa shape index (κ3) is 3.80. The molecule has 0 aromatic rings. The van der Waals surface area contributed by atoms with E-state index in [1.54, 1.807) is 6.92 Å². The minimum absolute atomic E-state index is 0.109. The molecule has 88 valence electrons. The smallest absolute Gasteiger partial charge is 0.313 e. The second-order valence-corrected chi connectivity index (χ2v) is 5.56. The highest BCUT2D eigenvalue weighted by Gasteiger charge is 2.24. The summed E-state index contributed by atoms with van der Waals surface area (Å²) in [7, 11) is 0.583. The molecule has 1 unspecified atom stereocenters. The van der Waals surface area contributed by atoms with Gasteiger partial charge in [-0.15, -0.1) is 0 Å². The normalized spacial score (nSPS) is 20.3. The number of hydrogen-bond donors (Lipinski definition) is 1. The van der Waals surface area contributed by atoms with Gasteiger partial charge in [-0.05, 0) is 29.5 Å². The van der Waals surface area contributed by atoms with Crippen molar-refractivity contribution in [3.05, 3.63) is 9.08 Å². The van der Waals surface area contributed by atoms with Crippen LogP contribution in [0.25, 0.3) is 0 Å². The molecule has 1 aliphatic heterocycles. The zero-order valence-corrected chi connectivity index (χ0v) is 11.5. The van der Waals surface area contributed by atoms with Crippen molar-refractivity contribution in [3.63, 3.8) is 0 Å². The third-order valence-corrected chi connectivity index (χ3v) is 3.41. The second kappa shape index (κ2) is 6.27. The average Bonchev–Trinajstić information content (AvgIpc) is 2.21. The molecular weight excluding hydrogens is 346 g/mol. The van der Waals surface area contributed by atoms with Crippen molar-refractivity contribution in [2.24, 2.45) is 10.5 Å². The lowest BCUT2D eigenvalue weighted by Gasteiger charge is -2.16. The number of rotatable bonds is 4. The number of ether oxygens (including phenoxy) is 2. The van der Waals surface area contributed by atoms with Gasteiger partial charge in [-0.3, -0.25) is 15.3 Å². The van der Waals surface area contributed by atoms with Gasteiger partial charge in [0.2, 0.25) is 12.1 Å². The first kappa shape index (κ1) is 13.5. The third-order valence-electron chi connectivity index (χ3n) is 1.55. The minimum Gasteiger partial charge on any atom is -0.466 e. The van der Waals surface area contributed by atoms with Crippen LogP contribution >= 0.6 is 31.0 Å². The first-order chi connectivity index (χ1) is 7.54. The van der Waals surface area contributed by atoms with Crippen molar-refractivity contribution in [2.45, 2.75) is 19.7 Å². The second-order valence-electron chi connectivity index (χ2n) is 2.75. The van der Waals surface area contributed by atoms with Gasteiger partial charge in [0.1, 0.15) is 9.74 Å². The van der Waals surface area contributed by atoms with Crippen molar-refractivity contribution in [1.82, 2.24) is 0 Å². The van der Waals surface area contributed by atoms with Gasteiger partial charge in [-0.25, -0.2) is 4.74 Å². The van der Waals surface area contributed by atoms with Gasteiger partial charge >= 0.3 is 5.97 Å². The predicted molar refractivity (Wildman–Crippen MR) is 65.7 cm³/mol. The fourth-order valence-electron chi connectivity index (χ4n) is 0.950. The molecule has 8 heteroatoms. The molecule has 16 heavy (non-hydrogen) atoms. The van der Waals surface area contributed by atoms with Gasteiger partial charge in [0.25, 0.3) is 0 Å².